The maximum atomic E-state index is 13.4. The van der Waals surface area contributed by atoms with E-state index in [1.807, 2.05) is 91.9 Å². The van der Waals surface area contributed by atoms with Crippen LogP contribution in [-0.4, -0.2) is 29.3 Å². The van der Waals surface area contributed by atoms with Crippen LogP contribution in [0, 0.1) is 0 Å². The number of amides is 2. The van der Waals surface area contributed by atoms with Crippen molar-refractivity contribution in [3.63, 3.8) is 0 Å². The van der Waals surface area contributed by atoms with Gasteiger partial charge in [-0.05, 0) is 41.7 Å². The fourth-order valence-electron chi connectivity index (χ4n) is 3.79. The summed E-state index contributed by atoms with van der Waals surface area (Å²) in [6.07, 6.45) is 2.32. The van der Waals surface area contributed by atoms with Gasteiger partial charge in [0.1, 0.15) is 6.04 Å². The van der Waals surface area contributed by atoms with Crippen LogP contribution in [0.1, 0.15) is 36.5 Å². The zero-order chi connectivity index (χ0) is 23.5. The Morgan fingerprint density at radius 2 is 1.45 bits per heavy atom. The number of rotatable bonds is 11. The molecule has 0 bridgehead atoms. The highest BCUT2D eigenvalue weighted by Gasteiger charge is 2.29. The molecule has 0 fully saturated rings. The molecule has 0 aliphatic heterocycles. The third-order valence-electron chi connectivity index (χ3n) is 5.56. The second-order valence-corrected chi connectivity index (χ2v) is 8.57. The molecule has 33 heavy (non-hydrogen) atoms. The zero-order valence-electron chi connectivity index (χ0n) is 19.0. The number of carbonyl (C=O) groups excluding carboxylic acids is 2. The van der Waals surface area contributed by atoms with Crippen molar-refractivity contribution in [2.45, 2.75) is 45.2 Å². The van der Waals surface area contributed by atoms with Gasteiger partial charge < -0.3 is 10.2 Å². The third-order valence-corrected chi connectivity index (χ3v) is 5.81. The smallest absolute Gasteiger partial charge is 0.243 e. The molecule has 172 valence electrons. The lowest BCUT2D eigenvalue weighted by Gasteiger charge is -2.31. The fourth-order valence-corrected chi connectivity index (χ4v) is 3.92. The van der Waals surface area contributed by atoms with Crippen LogP contribution >= 0.6 is 11.6 Å². The summed E-state index contributed by atoms with van der Waals surface area (Å²) in [7, 11) is 0. The Hall–Kier alpha value is -3.11. The van der Waals surface area contributed by atoms with Crippen LogP contribution < -0.4 is 5.32 Å². The lowest BCUT2D eigenvalue weighted by molar-refractivity contribution is -0.141. The molecule has 0 spiro atoms. The number of nitrogens with zero attached hydrogens (tertiary/aromatic N) is 1. The van der Waals surface area contributed by atoms with E-state index >= 15 is 0 Å². The Morgan fingerprint density at radius 3 is 2.06 bits per heavy atom. The first-order chi connectivity index (χ1) is 16.1. The number of halogens is 1. The van der Waals surface area contributed by atoms with E-state index in [-0.39, 0.29) is 11.8 Å². The van der Waals surface area contributed by atoms with Crippen molar-refractivity contribution >= 4 is 23.4 Å². The number of benzene rings is 3. The minimum absolute atomic E-state index is 0.0217. The summed E-state index contributed by atoms with van der Waals surface area (Å²) in [5, 5.41) is 3.71. The van der Waals surface area contributed by atoms with Crippen molar-refractivity contribution in [3.05, 3.63) is 107 Å². The third kappa shape index (κ3) is 7.76. The Bertz CT molecular complexity index is 1010. The van der Waals surface area contributed by atoms with E-state index in [1.165, 1.54) is 0 Å². The summed E-state index contributed by atoms with van der Waals surface area (Å²) >= 11 is 6.04. The highest BCUT2D eigenvalue weighted by molar-refractivity contribution is 6.30. The van der Waals surface area contributed by atoms with Crippen molar-refractivity contribution in [2.24, 2.45) is 0 Å². The van der Waals surface area contributed by atoms with Crippen LogP contribution in [0.4, 0.5) is 0 Å². The summed E-state index contributed by atoms with van der Waals surface area (Å²) < 4.78 is 0. The molecule has 0 aromatic heterocycles. The SMILES string of the molecule is CCCC(=O)N(Cc1ccc(Cl)cc1)[C@H](Cc1ccccc1)C(=O)NCCc1ccccc1. The average molecular weight is 463 g/mol. The topological polar surface area (TPSA) is 49.4 Å². The second kappa shape index (κ2) is 12.8. The van der Waals surface area contributed by atoms with Gasteiger partial charge in [0.25, 0.3) is 0 Å². The molecule has 3 aromatic rings. The quantitative estimate of drug-likeness (QED) is 0.412. The Balaban J connectivity index is 1.81. The first-order valence-electron chi connectivity index (χ1n) is 11.5. The van der Waals surface area contributed by atoms with Gasteiger partial charge in [-0.2, -0.15) is 0 Å². The van der Waals surface area contributed by atoms with Gasteiger partial charge in [0.15, 0.2) is 0 Å². The lowest BCUT2D eigenvalue weighted by atomic mass is 10.0. The Morgan fingerprint density at radius 1 is 0.848 bits per heavy atom. The maximum Gasteiger partial charge on any atom is 0.243 e. The first-order valence-corrected chi connectivity index (χ1v) is 11.8. The molecule has 1 atom stereocenters. The molecular weight excluding hydrogens is 432 g/mol. The highest BCUT2D eigenvalue weighted by atomic mass is 35.5. The van der Waals surface area contributed by atoms with E-state index in [2.05, 4.69) is 5.32 Å². The van der Waals surface area contributed by atoms with Crippen LogP contribution in [0.15, 0.2) is 84.9 Å². The molecule has 0 radical (unpaired) electrons. The number of nitrogens with one attached hydrogen (secondary N) is 1. The van der Waals surface area contributed by atoms with Gasteiger partial charge in [-0.15, -0.1) is 0 Å². The minimum Gasteiger partial charge on any atom is -0.354 e. The van der Waals surface area contributed by atoms with Gasteiger partial charge in [-0.3, -0.25) is 9.59 Å². The molecule has 4 nitrogen and oxygen atoms in total. The highest BCUT2D eigenvalue weighted by Crippen LogP contribution is 2.18. The lowest BCUT2D eigenvalue weighted by Crippen LogP contribution is -2.50. The van der Waals surface area contributed by atoms with Crippen LogP contribution in [0.3, 0.4) is 0 Å². The van der Waals surface area contributed by atoms with Gasteiger partial charge in [-0.25, -0.2) is 0 Å². The average Bonchev–Trinajstić information content (AvgIpc) is 2.84. The zero-order valence-corrected chi connectivity index (χ0v) is 19.8. The van der Waals surface area contributed by atoms with Gasteiger partial charge >= 0.3 is 0 Å². The molecule has 0 aliphatic rings. The van der Waals surface area contributed by atoms with Crippen LogP contribution in [0.5, 0.6) is 0 Å². The van der Waals surface area contributed by atoms with Crippen LogP contribution in [0.2, 0.25) is 5.02 Å². The Labute approximate surface area is 201 Å². The van der Waals surface area contributed by atoms with E-state index in [9.17, 15) is 9.59 Å². The normalized spacial score (nSPS) is 11.6. The van der Waals surface area contributed by atoms with Crippen molar-refractivity contribution in [3.8, 4) is 0 Å². The van der Waals surface area contributed by atoms with E-state index < -0.39 is 6.04 Å². The van der Waals surface area contributed by atoms with Crippen LogP contribution in [-0.2, 0) is 29.0 Å². The maximum absolute atomic E-state index is 13.4. The summed E-state index contributed by atoms with van der Waals surface area (Å²) in [5.74, 6) is -0.153. The summed E-state index contributed by atoms with van der Waals surface area (Å²) in [6, 6.07) is 26.7. The van der Waals surface area contributed by atoms with E-state index in [0.29, 0.717) is 31.0 Å². The predicted molar refractivity (Wildman–Crippen MR) is 134 cm³/mol. The first kappa shape index (κ1) is 24.5. The minimum atomic E-state index is -0.599. The Kier molecular flexibility index (Phi) is 9.52. The fraction of sp³-hybridized carbons (Fsp3) is 0.286. The van der Waals surface area contributed by atoms with Crippen LogP contribution in [0.25, 0.3) is 0 Å². The molecular formula is C28H31ClN2O2. The van der Waals surface area contributed by atoms with Crippen molar-refractivity contribution in [1.82, 2.24) is 10.2 Å². The molecule has 0 saturated heterocycles. The molecule has 0 unspecified atom stereocenters. The van der Waals surface area contributed by atoms with Crippen molar-refractivity contribution < 1.29 is 9.59 Å². The monoisotopic (exact) mass is 462 g/mol. The molecule has 2 amide bonds. The molecule has 0 heterocycles. The summed E-state index contributed by atoms with van der Waals surface area (Å²) in [4.78, 5) is 28.3. The molecule has 0 aliphatic carbocycles. The van der Waals surface area contributed by atoms with Crippen molar-refractivity contribution in [2.75, 3.05) is 6.54 Å². The number of hydrogen-bond acceptors (Lipinski definition) is 2. The van der Waals surface area contributed by atoms with Gasteiger partial charge in [-0.1, -0.05) is 91.3 Å². The van der Waals surface area contributed by atoms with E-state index in [1.54, 1.807) is 4.90 Å². The molecule has 3 rings (SSSR count). The van der Waals surface area contributed by atoms with E-state index in [4.69, 9.17) is 11.6 Å². The van der Waals surface area contributed by atoms with E-state index in [0.717, 1.165) is 29.5 Å². The van der Waals surface area contributed by atoms with Gasteiger partial charge in [0, 0.05) is 31.0 Å². The summed E-state index contributed by atoms with van der Waals surface area (Å²) in [6.45, 7) is 2.86. The summed E-state index contributed by atoms with van der Waals surface area (Å²) in [5.41, 5.74) is 3.13. The van der Waals surface area contributed by atoms with Gasteiger partial charge in [0.05, 0.1) is 0 Å². The predicted octanol–water partition coefficient (Wildman–Crippen LogP) is 5.44. The standard InChI is InChI=1S/C28H31ClN2O2/c1-2-9-27(32)31(21-24-14-16-25(29)17-15-24)26(20-23-12-7-4-8-13-23)28(33)30-19-18-22-10-5-3-6-11-22/h3-8,10-17,26H,2,9,18-21H2,1H3,(H,30,33)/t26-/m1/s1. The molecule has 3 aromatic carbocycles. The van der Waals surface area contributed by atoms with Gasteiger partial charge in [0.2, 0.25) is 11.8 Å². The molecule has 5 heteroatoms. The molecule has 0 saturated carbocycles. The molecule has 1 N–H and O–H groups in total. The van der Waals surface area contributed by atoms with Crippen molar-refractivity contribution in [1.29, 1.82) is 0 Å². The largest absolute Gasteiger partial charge is 0.354 e. The number of carbonyl (C=O) groups is 2. The second-order valence-electron chi connectivity index (χ2n) is 8.13. The number of hydrogen-bond donors (Lipinski definition) is 1.